The third-order valence-electron chi connectivity index (χ3n) is 7.51. The molecule has 0 radical (unpaired) electrons. The molecule has 5 atom stereocenters. The van der Waals surface area contributed by atoms with Crippen molar-refractivity contribution in [1.82, 2.24) is 21.3 Å². The first-order chi connectivity index (χ1) is 21.7. The number of primary amides is 1. The molecule has 11 nitrogen and oxygen atoms in total. The second kappa shape index (κ2) is 18.7. The highest BCUT2D eigenvalue weighted by Gasteiger charge is 2.33. The van der Waals surface area contributed by atoms with Crippen LogP contribution >= 0.6 is 0 Å². The summed E-state index contributed by atoms with van der Waals surface area (Å²) in [5.41, 5.74) is 13.3. The quantitative estimate of drug-likeness (QED) is 0.145. The van der Waals surface area contributed by atoms with Crippen molar-refractivity contribution < 1.29 is 24.0 Å². The monoisotopic (exact) mass is 636 g/mol. The van der Waals surface area contributed by atoms with Gasteiger partial charge in [0, 0.05) is 12.8 Å². The van der Waals surface area contributed by atoms with E-state index in [4.69, 9.17) is 11.5 Å². The van der Waals surface area contributed by atoms with Crippen LogP contribution in [-0.2, 0) is 36.8 Å². The van der Waals surface area contributed by atoms with Gasteiger partial charge in [0.1, 0.15) is 24.2 Å². The Kier molecular flexibility index (Phi) is 15.4. The molecule has 252 valence electrons. The lowest BCUT2D eigenvalue weighted by Gasteiger charge is -2.28. The second-order valence-electron chi connectivity index (χ2n) is 13.1. The van der Waals surface area contributed by atoms with Crippen LogP contribution in [0.2, 0.25) is 0 Å². The van der Waals surface area contributed by atoms with Gasteiger partial charge in [-0.2, -0.15) is 0 Å². The van der Waals surface area contributed by atoms with Crippen molar-refractivity contribution in [3.05, 3.63) is 71.8 Å². The lowest BCUT2D eigenvalue weighted by Crippen LogP contribution is -2.60. The fourth-order valence-electron chi connectivity index (χ4n) is 5.05. The molecule has 0 saturated heterocycles. The Morgan fingerprint density at radius 1 is 0.565 bits per heavy atom. The Labute approximate surface area is 273 Å². The van der Waals surface area contributed by atoms with Crippen LogP contribution in [-0.4, -0.2) is 59.7 Å². The number of amides is 5. The molecule has 2 aromatic rings. The molecule has 11 heteroatoms. The zero-order chi connectivity index (χ0) is 34.4. The van der Waals surface area contributed by atoms with E-state index in [1.54, 1.807) is 13.8 Å². The van der Waals surface area contributed by atoms with Crippen molar-refractivity contribution in [2.24, 2.45) is 29.2 Å². The zero-order valence-electron chi connectivity index (χ0n) is 27.9. The van der Waals surface area contributed by atoms with Crippen LogP contribution in [0.1, 0.15) is 65.5 Å². The van der Waals surface area contributed by atoms with Gasteiger partial charge in [-0.15, -0.1) is 0 Å². The molecule has 5 amide bonds. The summed E-state index contributed by atoms with van der Waals surface area (Å²) in [6.07, 6.45) is 1.09. The summed E-state index contributed by atoms with van der Waals surface area (Å²) in [7, 11) is 0. The predicted molar refractivity (Wildman–Crippen MR) is 179 cm³/mol. The summed E-state index contributed by atoms with van der Waals surface area (Å²) in [4.78, 5) is 66.0. The summed E-state index contributed by atoms with van der Waals surface area (Å²) in [5, 5.41) is 11.1. The van der Waals surface area contributed by atoms with Gasteiger partial charge >= 0.3 is 0 Å². The van der Waals surface area contributed by atoms with Gasteiger partial charge in [-0.25, -0.2) is 0 Å². The highest BCUT2D eigenvalue weighted by atomic mass is 16.2. The molecule has 0 bridgehead atoms. The maximum atomic E-state index is 13.8. The first-order valence-corrected chi connectivity index (χ1v) is 16.0. The molecular formula is C35H52N6O5. The van der Waals surface area contributed by atoms with Gasteiger partial charge in [-0.05, 0) is 41.7 Å². The molecule has 0 aromatic heterocycles. The minimum Gasteiger partial charge on any atom is -0.368 e. The van der Waals surface area contributed by atoms with Crippen LogP contribution < -0.4 is 32.7 Å². The minimum atomic E-state index is -1.09. The fourth-order valence-corrected chi connectivity index (χ4v) is 5.05. The van der Waals surface area contributed by atoms with Gasteiger partial charge < -0.3 is 32.7 Å². The number of carbonyl (C=O) groups is 5. The van der Waals surface area contributed by atoms with Crippen LogP contribution in [0.15, 0.2) is 60.7 Å². The molecule has 0 unspecified atom stereocenters. The van der Waals surface area contributed by atoms with Crippen molar-refractivity contribution in [2.75, 3.05) is 0 Å². The minimum absolute atomic E-state index is 0.0969. The number of carbonyl (C=O) groups excluding carboxylic acids is 5. The standard InChI is InChI=1S/C35H52N6O5/c1-21(2)17-26(36)32(43)39-28(19-24-13-9-7-10-14-24)33(44)40-29(20-25-15-11-8-12-16-25)34(45)41-30(23(5)6)35(46)38-27(31(37)42)18-22(3)4/h7-16,21-23,26-30H,17-20,36H2,1-6H3,(H2,37,42)(H,38,46)(H,39,43)(H,40,44)(H,41,45)/t26-,27-,28-,29-,30-/m1/s1. The van der Waals surface area contributed by atoms with E-state index in [1.165, 1.54) is 0 Å². The van der Waals surface area contributed by atoms with Crippen molar-refractivity contribution in [2.45, 2.75) is 97.4 Å². The van der Waals surface area contributed by atoms with Gasteiger partial charge in [0.2, 0.25) is 29.5 Å². The van der Waals surface area contributed by atoms with Gasteiger partial charge in [-0.1, -0.05) is 102 Å². The maximum absolute atomic E-state index is 13.8. The normalized spacial score (nSPS) is 14.6. The van der Waals surface area contributed by atoms with Crippen LogP contribution in [0.5, 0.6) is 0 Å². The Hall–Kier alpha value is -4.25. The number of hydrogen-bond donors (Lipinski definition) is 6. The number of nitrogens with one attached hydrogen (secondary N) is 4. The van der Waals surface area contributed by atoms with E-state index in [2.05, 4.69) is 21.3 Å². The Morgan fingerprint density at radius 2 is 0.978 bits per heavy atom. The SMILES string of the molecule is CC(C)C[C@@H](N)C(=O)N[C@H](Cc1ccccc1)C(=O)N[C@H](Cc1ccccc1)C(=O)N[C@@H](C(=O)N[C@H](CC(C)C)C(N)=O)C(C)C. The van der Waals surface area contributed by atoms with Gasteiger partial charge in [0.25, 0.3) is 0 Å². The summed E-state index contributed by atoms with van der Waals surface area (Å²) in [6.45, 7) is 11.3. The van der Waals surface area contributed by atoms with Crippen LogP contribution in [0, 0.1) is 17.8 Å². The van der Waals surface area contributed by atoms with E-state index < -0.39 is 59.7 Å². The molecule has 2 rings (SSSR count). The van der Waals surface area contributed by atoms with E-state index in [9.17, 15) is 24.0 Å². The largest absolute Gasteiger partial charge is 0.368 e. The van der Waals surface area contributed by atoms with Crippen LogP contribution in [0.4, 0.5) is 0 Å². The van der Waals surface area contributed by atoms with Crippen molar-refractivity contribution in [1.29, 1.82) is 0 Å². The van der Waals surface area contributed by atoms with Gasteiger partial charge in [-0.3, -0.25) is 24.0 Å². The van der Waals surface area contributed by atoms with E-state index in [1.807, 2.05) is 88.4 Å². The number of nitrogens with two attached hydrogens (primary N) is 2. The average Bonchev–Trinajstić information content (AvgIpc) is 2.98. The van der Waals surface area contributed by atoms with Crippen molar-refractivity contribution in [3.8, 4) is 0 Å². The van der Waals surface area contributed by atoms with Gasteiger partial charge in [0.15, 0.2) is 0 Å². The Morgan fingerprint density at radius 3 is 1.39 bits per heavy atom. The molecule has 0 aliphatic carbocycles. The topological polar surface area (TPSA) is 186 Å². The second-order valence-corrected chi connectivity index (χ2v) is 13.1. The summed E-state index contributed by atoms with van der Waals surface area (Å²) in [5.74, 6) is -2.91. The van der Waals surface area contributed by atoms with E-state index in [-0.39, 0.29) is 30.6 Å². The third-order valence-corrected chi connectivity index (χ3v) is 7.51. The molecular weight excluding hydrogens is 584 g/mol. The molecule has 8 N–H and O–H groups in total. The lowest BCUT2D eigenvalue weighted by molar-refractivity contribution is -0.135. The average molecular weight is 637 g/mol. The number of hydrogen-bond acceptors (Lipinski definition) is 6. The smallest absolute Gasteiger partial charge is 0.243 e. The fraction of sp³-hybridized carbons (Fsp3) is 0.514. The molecule has 0 saturated carbocycles. The number of benzene rings is 2. The number of rotatable bonds is 18. The summed E-state index contributed by atoms with van der Waals surface area (Å²) in [6, 6.07) is 13.5. The molecule has 2 aromatic carbocycles. The molecule has 0 heterocycles. The van der Waals surface area contributed by atoms with E-state index in [0.717, 1.165) is 11.1 Å². The molecule has 0 aliphatic heterocycles. The molecule has 0 spiro atoms. The zero-order valence-corrected chi connectivity index (χ0v) is 27.9. The van der Waals surface area contributed by atoms with Crippen LogP contribution in [0.25, 0.3) is 0 Å². The third kappa shape index (κ3) is 13.0. The lowest BCUT2D eigenvalue weighted by atomic mass is 9.98. The Bertz CT molecular complexity index is 1280. The summed E-state index contributed by atoms with van der Waals surface area (Å²) >= 11 is 0. The maximum Gasteiger partial charge on any atom is 0.243 e. The first kappa shape index (κ1) is 37.9. The highest BCUT2D eigenvalue weighted by Crippen LogP contribution is 2.11. The van der Waals surface area contributed by atoms with Gasteiger partial charge in [0.05, 0.1) is 6.04 Å². The van der Waals surface area contributed by atoms with E-state index in [0.29, 0.717) is 12.8 Å². The van der Waals surface area contributed by atoms with Crippen LogP contribution in [0.3, 0.4) is 0 Å². The van der Waals surface area contributed by atoms with Crippen molar-refractivity contribution in [3.63, 3.8) is 0 Å². The molecule has 0 fully saturated rings. The van der Waals surface area contributed by atoms with E-state index >= 15 is 0 Å². The first-order valence-electron chi connectivity index (χ1n) is 16.0. The molecule has 0 aliphatic rings. The summed E-state index contributed by atoms with van der Waals surface area (Å²) < 4.78 is 0. The Balaban J connectivity index is 2.34. The predicted octanol–water partition coefficient (Wildman–Crippen LogP) is 1.97. The highest BCUT2D eigenvalue weighted by molar-refractivity contribution is 5.96. The molecule has 46 heavy (non-hydrogen) atoms. The van der Waals surface area contributed by atoms with Crippen molar-refractivity contribution >= 4 is 29.5 Å².